The normalized spacial score (nSPS) is 10.2. The number of hydrogen-bond donors (Lipinski definition) is 1. The van der Waals surface area contributed by atoms with Crippen LogP contribution in [-0.2, 0) is 4.79 Å². The molecule has 0 atom stereocenters. The average Bonchev–Trinajstić information content (AvgIpc) is 2.90. The van der Waals surface area contributed by atoms with Crippen molar-refractivity contribution in [1.29, 1.82) is 0 Å². The molecule has 0 unspecified atom stereocenters. The Bertz CT molecular complexity index is 631. The van der Waals surface area contributed by atoms with Gasteiger partial charge in [-0.25, -0.2) is 0 Å². The first kappa shape index (κ1) is 14.8. The Balaban J connectivity index is 1.85. The summed E-state index contributed by atoms with van der Waals surface area (Å²) in [7, 11) is 0. The van der Waals surface area contributed by atoms with Crippen LogP contribution in [0.25, 0.3) is 0 Å². The highest BCUT2D eigenvalue weighted by Gasteiger charge is 2.08. The van der Waals surface area contributed by atoms with E-state index in [9.17, 15) is 9.59 Å². The quantitative estimate of drug-likeness (QED) is 0.826. The maximum absolute atomic E-state index is 11.6. The lowest BCUT2D eigenvalue weighted by atomic mass is 10.1. The van der Waals surface area contributed by atoms with Crippen LogP contribution in [0.3, 0.4) is 0 Å². The molecule has 1 N–H and O–H groups in total. The molecule has 0 radical (unpaired) electrons. The first-order valence-electron chi connectivity index (χ1n) is 6.57. The summed E-state index contributed by atoms with van der Waals surface area (Å²) >= 11 is 0. The number of rotatable bonds is 6. The summed E-state index contributed by atoms with van der Waals surface area (Å²) in [5.74, 6) is 1.22. The summed E-state index contributed by atoms with van der Waals surface area (Å²) in [6.45, 7) is 3.40. The van der Waals surface area contributed by atoms with Crippen molar-refractivity contribution in [3.8, 4) is 5.75 Å². The number of benzene rings is 1. The van der Waals surface area contributed by atoms with Gasteiger partial charge in [-0.2, -0.15) is 0 Å². The van der Waals surface area contributed by atoms with Gasteiger partial charge >= 0.3 is 0 Å². The Kier molecular flexibility index (Phi) is 4.71. The maximum atomic E-state index is 11.6. The van der Waals surface area contributed by atoms with Crippen LogP contribution in [0, 0.1) is 6.92 Å². The number of aryl methyl sites for hydroxylation is 1. The lowest BCUT2D eigenvalue weighted by molar-refractivity contribution is -0.118. The summed E-state index contributed by atoms with van der Waals surface area (Å²) in [6.07, 6.45) is 0.458. The molecule has 0 fully saturated rings. The van der Waals surface area contributed by atoms with Crippen LogP contribution in [-0.4, -0.2) is 23.5 Å². The number of carbonyl (C=O) groups excluding carboxylic acids is 2. The van der Waals surface area contributed by atoms with Crippen LogP contribution in [0.4, 0.5) is 5.82 Å². The molecule has 0 spiro atoms. The van der Waals surface area contributed by atoms with Gasteiger partial charge in [-0.05, 0) is 31.2 Å². The first-order valence-corrected chi connectivity index (χ1v) is 6.57. The number of hydrogen-bond acceptors (Lipinski definition) is 5. The zero-order valence-electron chi connectivity index (χ0n) is 11.9. The van der Waals surface area contributed by atoms with Gasteiger partial charge in [0, 0.05) is 18.1 Å². The van der Waals surface area contributed by atoms with Gasteiger partial charge in [0.05, 0.1) is 0 Å². The molecule has 2 rings (SSSR count). The number of Topliss-reactive ketones (excluding diaryl/α,β-unsaturated/α-hetero) is 1. The van der Waals surface area contributed by atoms with Crippen molar-refractivity contribution in [2.24, 2.45) is 0 Å². The predicted molar refractivity (Wildman–Crippen MR) is 76.4 cm³/mol. The fraction of sp³-hybridized carbons (Fsp3) is 0.267. The standard InChI is InChI=1S/C15H16N2O4/c1-3-13(18)11-4-6-12(7-5-11)20-9-15(19)16-14-8-10(2)21-17-14/h4-8H,3,9H2,1-2H3,(H,16,17,19). The van der Waals surface area contributed by atoms with E-state index in [1.165, 1.54) is 0 Å². The molecule has 0 aliphatic rings. The van der Waals surface area contributed by atoms with E-state index >= 15 is 0 Å². The zero-order chi connectivity index (χ0) is 15.2. The lowest BCUT2D eigenvalue weighted by Gasteiger charge is -2.06. The van der Waals surface area contributed by atoms with Crippen molar-refractivity contribution in [2.45, 2.75) is 20.3 Å². The van der Waals surface area contributed by atoms with Gasteiger partial charge in [-0.15, -0.1) is 0 Å². The Morgan fingerprint density at radius 2 is 2.00 bits per heavy atom. The summed E-state index contributed by atoms with van der Waals surface area (Å²) in [6, 6.07) is 8.30. The zero-order valence-corrected chi connectivity index (χ0v) is 11.9. The molecule has 0 saturated heterocycles. The summed E-state index contributed by atoms with van der Waals surface area (Å²) in [5, 5.41) is 6.20. The number of anilines is 1. The van der Waals surface area contributed by atoms with E-state index in [-0.39, 0.29) is 18.3 Å². The third kappa shape index (κ3) is 4.17. The number of ether oxygens (including phenoxy) is 1. The smallest absolute Gasteiger partial charge is 0.263 e. The molecule has 1 amide bonds. The van der Waals surface area contributed by atoms with Gasteiger partial charge in [0.2, 0.25) is 0 Å². The molecule has 6 nitrogen and oxygen atoms in total. The molecule has 1 heterocycles. The van der Waals surface area contributed by atoms with Crippen LogP contribution in [0.1, 0.15) is 29.5 Å². The maximum Gasteiger partial charge on any atom is 0.263 e. The van der Waals surface area contributed by atoms with E-state index < -0.39 is 0 Å². The molecule has 2 aromatic rings. The second-order valence-electron chi connectivity index (χ2n) is 4.46. The number of aromatic nitrogens is 1. The van der Waals surface area contributed by atoms with Crippen molar-refractivity contribution in [3.05, 3.63) is 41.7 Å². The third-order valence-electron chi connectivity index (χ3n) is 2.76. The van der Waals surface area contributed by atoms with Gasteiger partial charge < -0.3 is 14.6 Å². The molecular weight excluding hydrogens is 272 g/mol. The summed E-state index contributed by atoms with van der Waals surface area (Å²) in [5.41, 5.74) is 0.632. The van der Waals surface area contributed by atoms with E-state index in [4.69, 9.17) is 9.26 Å². The fourth-order valence-corrected chi connectivity index (χ4v) is 1.69. The number of amides is 1. The predicted octanol–water partition coefficient (Wildman–Crippen LogP) is 2.59. The second-order valence-corrected chi connectivity index (χ2v) is 4.46. The Morgan fingerprint density at radius 1 is 1.29 bits per heavy atom. The van der Waals surface area contributed by atoms with E-state index in [0.717, 1.165) is 0 Å². The van der Waals surface area contributed by atoms with Crippen LogP contribution >= 0.6 is 0 Å². The average molecular weight is 288 g/mol. The Hall–Kier alpha value is -2.63. The topological polar surface area (TPSA) is 81.4 Å². The van der Waals surface area contributed by atoms with Crippen molar-refractivity contribution in [1.82, 2.24) is 5.16 Å². The number of ketones is 1. The lowest BCUT2D eigenvalue weighted by Crippen LogP contribution is -2.20. The van der Waals surface area contributed by atoms with E-state index in [1.807, 2.05) is 6.92 Å². The van der Waals surface area contributed by atoms with Gasteiger partial charge in [0.1, 0.15) is 11.5 Å². The Labute approximate surface area is 122 Å². The Morgan fingerprint density at radius 3 is 2.57 bits per heavy atom. The van der Waals surface area contributed by atoms with Crippen LogP contribution < -0.4 is 10.1 Å². The largest absolute Gasteiger partial charge is 0.484 e. The molecule has 0 saturated carbocycles. The van der Waals surface area contributed by atoms with Crippen LogP contribution in [0.2, 0.25) is 0 Å². The van der Waals surface area contributed by atoms with Crippen LogP contribution in [0.5, 0.6) is 5.75 Å². The highest BCUT2D eigenvalue weighted by Crippen LogP contribution is 2.13. The number of nitrogens with zero attached hydrogens (tertiary/aromatic N) is 1. The van der Waals surface area contributed by atoms with Crippen molar-refractivity contribution in [2.75, 3.05) is 11.9 Å². The minimum absolute atomic E-state index is 0.0701. The molecule has 110 valence electrons. The van der Waals surface area contributed by atoms with Crippen molar-refractivity contribution >= 4 is 17.5 Å². The molecule has 1 aromatic heterocycles. The minimum Gasteiger partial charge on any atom is -0.484 e. The molecule has 0 bridgehead atoms. The number of carbonyl (C=O) groups is 2. The molecule has 6 heteroatoms. The van der Waals surface area contributed by atoms with E-state index in [1.54, 1.807) is 37.3 Å². The van der Waals surface area contributed by atoms with E-state index in [2.05, 4.69) is 10.5 Å². The summed E-state index contributed by atoms with van der Waals surface area (Å²) < 4.78 is 10.2. The third-order valence-corrected chi connectivity index (χ3v) is 2.76. The molecule has 0 aliphatic carbocycles. The first-order chi connectivity index (χ1) is 10.1. The SMILES string of the molecule is CCC(=O)c1ccc(OCC(=O)Nc2cc(C)on2)cc1. The van der Waals surface area contributed by atoms with Gasteiger partial charge in [0.15, 0.2) is 18.2 Å². The highest BCUT2D eigenvalue weighted by atomic mass is 16.5. The minimum atomic E-state index is -0.336. The second kappa shape index (κ2) is 6.69. The highest BCUT2D eigenvalue weighted by molar-refractivity contribution is 5.96. The van der Waals surface area contributed by atoms with Gasteiger partial charge in [-0.1, -0.05) is 12.1 Å². The fourth-order valence-electron chi connectivity index (χ4n) is 1.69. The monoisotopic (exact) mass is 288 g/mol. The molecule has 1 aromatic carbocycles. The molecule has 21 heavy (non-hydrogen) atoms. The summed E-state index contributed by atoms with van der Waals surface area (Å²) in [4.78, 5) is 23.1. The van der Waals surface area contributed by atoms with Gasteiger partial charge in [-0.3, -0.25) is 9.59 Å². The molecular formula is C15H16N2O4. The van der Waals surface area contributed by atoms with Crippen molar-refractivity contribution in [3.63, 3.8) is 0 Å². The van der Waals surface area contributed by atoms with Gasteiger partial charge in [0.25, 0.3) is 5.91 Å². The van der Waals surface area contributed by atoms with E-state index in [0.29, 0.717) is 29.3 Å². The molecule has 0 aliphatic heterocycles. The number of nitrogens with one attached hydrogen (secondary N) is 1. The van der Waals surface area contributed by atoms with Crippen molar-refractivity contribution < 1.29 is 18.8 Å². The van der Waals surface area contributed by atoms with Crippen LogP contribution in [0.15, 0.2) is 34.9 Å².